The summed E-state index contributed by atoms with van der Waals surface area (Å²) in [5, 5.41) is 25.1. The summed E-state index contributed by atoms with van der Waals surface area (Å²) in [5.41, 5.74) is 1.34. The molecule has 5 nitrogen and oxygen atoms in total. The summed E-state index contributed by atoms with van der Waals surface area (Å²) in [4.78, 5) is 3.82. The van der Waals surface area contributed by atoms with Gasteiger partial charge in [-0.25, -0.2) is 0 Å². The maximum atomic E-state index is 9.63. The number of nitrogens with zero attached hydrogens (tertiary/aromatic N) is 1. The summed E-state index contributed by atoms with van der Waals surface area (Å²) < 4.78 is 0. The molecule has 0 atom stereocenters. The average molecular weight is 195 g/mol. The van der Waals surface area contributed by atoms with Crippen LogP contribution in [0.2, 0.25) is 0 Å². The lowest BCUT2D eigenvalue weighted by Crippen LogP contribution is -2.23. The molecule has 4 N–H and O–H groups in total. The van der Waals surface area contributed by atoms with Crippen LogP contribution in [-0.2, 0) is 6.61 Å². The van der Waals surface area contributed by atoms with Crippen LogP contribution in [0.1, 0.15) is 17.3 Å². The highest BCUT2D eigenvalue weighted by Gasteiger charge is 2.21. The van der Waals surface area contributed by atoms with E-state index in [1.165, 1.54) is 6.20 Å². The number of aromatic hydroxyl groups is 1. The lowest BCUT2D eigenvalue weighted by Gasteiger charge is -2.15. The van der Waals surface area contributed by atoms with Gasteiger partial charge in [0, 0.05) is 30.4 Å². The van der Waals surface area contributed by atoms with Gasteiger partial charge in [0.1, 0.15) is 5.75 Å². The number of aliphatic hydroxyl groups is 1. The van der Waals surface area contributed by atoms with Crippen LogP contribution < -0.4 is 10.6 Å². The minimum Gasteiger partial charge on any atom is -0.506 e. The molecule has 14 heavy (non-hydrogen) atoms. The Morgan fingerprint density at radius 2 is 2.07 bits per heavy atom. The molecule has 0 aliphatic carbocycles. The van der Waals surface area contributed by atoms with Crippen LogP contribution in [0.15, 0.2) is 12.4 Å². The molecule has 2 rings (SSSR count). The molecule has 0 saturated carbocycles. The summed E-state index contributed by atoms with van der Waals surface area (Å²) in [6, 6.07) is 0. The van der Waals surface area contributed by atoms with E-state index in [0.717, 1.165) is 13.1 Å². The number of hydrogen-bond donors (Lipinski definition) is 4. The van der Waals surface area contributed by atoms with Gasteiger partial charge in [-0.2, -0.15) is 0 Å². The van der Waals surface area contributed by atoms with Gasteiger partial charge in [-0.1, -0.05) is 0 Å². The molecule has 0 amide bonds. The second-order valence-electron chi connectivity index (χ2n) is 3.23. The largest absolute Gasteiger partial charge is 0.506 e. The normalized spacial score (nSPS) is 17.5. The Morgan fingerprint density at radius 1 is 1.36 bits per heavy atom. The molecule has 0 aromatic carbocycles. The highest BCUT2D eigenvalue weighted by Crippen LogP contribution is 2.26. The van der Waals surface area contributed by atoms with E-state index < -0.39 is 0 Å². The Kier molecular flexibility index (Phi) is 2.62. The Balaban J connectivity index is 2.37. The first kappa shape index (κ1) is 9.39. The predicted octanol–water partition coefficient (Wildman–Crippen LogP) is -0.529. The van der Waals surface area contributed by atoms with Crippen LogP contribution in [-0.4, -0.2) is 28.3 Å². The number of pyridine rings is 1. The molecular weight excluding hydrogens is 182 g/mol. The van der Waals surface area contributed by atoms with Crippen LogP contribution in [0.25, 0.3) is 0 Å². The van der Waals surface area contributed by atoms with Crippen LogP contribution >= 0.6 is 0 Å². The molecule has 1 aliphatic heterocycles. The zero-order valence-electron chi connectivity index (χ0n) is 7.70. The van der Waals surface area contributed by atoms with Gasteiger partial charge in [0.05, 0.1) is 19.0 Å². The van der Waals surface area contributed by atoms with E-state index in [9.17, 15) is 5.11 Å². The Morgan fingerprint density at radius 3 is 2.71 bits per heavy atom. The topological polar surface area (TPSA) is 77.4 Å². The number of rotatable bonds is 2. The molecule has 5 heteroatoms. The first-order chi connectivity index (χ1) is 6.83. The van der Waals surface area contributed by atoms with Crippen LogP contribution in [0.3, 0.4) is 0 Å². The summed E-state index contributed by atoms with van der Waals surface area (Å²) in [6.07, 6.45) is 2.87. The SMILES string of the molecule is OCc1cncc(O)c1C1NCCN1. The molecule has 1 saturated heterocycles. The molecule has 0 unspecified atom stereocenters. The van der Waals surface area contributed by atoms with Crippen LogP contribution in [0.5, 0.6) is 5.75 Å². The maximum Gasteiger partial charge on any atom is 0.140 e. The maximum absolute atomic E-state index is 9.63. The van der Waals surface area contributed by atoms with Crippen molar-refractivity contribution in [3.8, 4) is 5.75 Å². The van der Waals surface area contributed by atoms with E-state index in [4.69, 9.17) is 5.11 Å². The van der Waals surface area contributed by atoms with Gasteiger partial charge in [0.15, 0.2) is 0 Å². The molecule has 0 spiro atoms. The third-order valence-electron chi connectivity index (χ3n) is 2.33. The van der Waals surface area contributed by atoms with Crippen molar-refractivity contribution in [2.45, 2.75) is 12.8 Å². The van der Waals surface area contributed by atoms with Crippen molar-refractivity contribution in [1.29, 1.82) is 0 Å². The smallest absolute Gasteiger partial charge is 0.140 e. The number of aromatic nitrogens is 1. The summed E-state index contributed by atoms with van der Waals surface area (Å²) >= 11 is 0. The first-order valence-electron chi connectivity index (χ1n) is 4.56. The zero-order valence-corrected chi connectivity index (χ0v) is 7.70. The molecular formula is C9H13N3O2. The predicted molar refractivity (Wildman–Crippen MR) is 50.6 cm³/mol. The van der Waals surface area contributed by atoms with Crippen molar-refractivity contribution in [3.05, 3.63) is 23.5 Å². The fourth-order valence-electron chi connectivity index (χ4n) is 1.67. The third kappa shape index (κ3) is 1.57. The van der Waals surface area contributed by atoms with Gasteiger partial charge in [-0.05, 0) is 0 Å². The summed E-state index contributed by atoms with van der Waals surface area (Å²) in [5.74, 6) is 0.114. The molecule has 0 radical (unpaired) electrons. The van der Waals surface area contributed by atoms with Gasteiger partial charge in [-0.3, -0.25) is 15.6 Å². The molecule has 1 aliphatic rings. The lowest BCUT2D eigenvalue weighted by molar-refractivity contribution is 0.277. The van der Waals surface area contributed by atoms with E-state index >= 15 is 0 Å². The minimum absolute atomic E-state index is 0.0832. The fraction of sp³-hybridized carbons (Fsp3) is 0.444. The van der Waals surface area contributed by atoms with Gasteiger partial charge in [0.2, 0.25) is 0 Å². The first-order valence-corrected chi connectivity index (χ1v) is 4.56. The van der Waals surface area contributed by atoms with Gasteiger partial charge < -0.3 is 10.2 Å². The molecule has 1 fully saturated rings. The van der Waals surface area contributed by atoms with Gasteiger partial charge in [0.25, 0.3) is 0 Å². The number of aliphatic hydroxyl groups excluding tert-OH is 1. The summed E-state index contributed by atoms with van der Waals surface area (Å²) in [6.45, 7) is 1.60. The molecule has 1 aromatic rings. The average Bonchev–Trinajstić information content (AvgIpc) is 2.70. The number of nitrogens with one attached hydrogen (secondary N) is 2. The highest BCUT2D eigenvalue weighted by atomic mass is 16.3. The zero-order chi connectivity index (χ0) is 9.97. The van der Waals surface area contributed by atoms with Crippen molar-refractivity contribution in [2.24, 2.45) is 0 Å². The van der Waals surface area contributed by atoms with E-state index in [0.29, 0.717) is 11.1 Å². The standard InChI is InChI=1S/C9H13N3O2/c13-5-6-3-10-4-7(14)8(6)9-11-1-2-12-9/h3-4,9,11-14H,1-2,5H2. The van der Waals surface area contributed by atoms with Gasteiger partial charge in [-0.15, -0.1) is 0 Å². The molecule has 76 valence electrons. The second-order valence-corrected chi connectivity index (χ2v) is 3.23. The molecule has 0 bridgehead atoms. The van der Waals surface area contributed by atoms with Crippen molar-refractivity contribution < 1.29 is 10.2 Å². The van der Waals surface area contributed by atoms with Crippen molar-refractivity contribution in [1.82, 2.24) is 15.6 Å². The van der Waals surface area contributed by atoms with Crippen molar-refractivity contribution in [3.63, 3.8) is 0 Å². The van der Waals surface area contributed by atoms with Crippen molar-refractivity contribution in [2.75, 3.05) is 13.1 Å². The highest BCUT2D eigenvalue weighted by molar-refractivity contribution is 5.38. The Bertz CT molecular complexity index is 324. The van der Waals surface area contributed by atoms with E-state index in [1.807, 2.05) is 0 Å². The second kappa shape index (κ2) is 3.91. The lowest BCUT2D eigenvalue weighted by atomic mass is 10.1. The molecule has 1 aromatic heterocycles. The molecule has 2 heterocycles. The fourth-order valence-corrected chi connectivity index (χ4v) is 1.67. The Labute approximate surface area is 81.8 Å². The minimum atomic E-state index is -0.114. The van der Waals surface area contributed by atoms with Crippen molar-refractivity contribution >= 4 is 0 Å². The monoisotopic (exact) mass is 195 g/mol. The third-order valence-corrected chi connectivity index (χ3v) is 2.33. The van der Waals surface area contributed by atoms with Crippen LogP contribution in [0.4, 0.5) is 0 Å². The van der Waals surface area contributed by atoms with Gasteiger partial charge >= 0.3 is 0 Å². The quantitative estimate of drug-likeness (QED) is 0.510. The summed E-state index contributed by atoms with van der Waals surface area (Å²) in [7, 11) is 0. The van der Waals surface area contributed by atoms with E-state index in [-0.39, 0.29) is 18.5 Å². The number of hydrogen-bond acceptors (Lipinski definition) is 5. The van der Waals surface area contributed by atoms with E-state index in [1.54, 1.807) is 6.20 Å². The Hall–Kier alpha value is -1.17. The van der Waals surface area contributed by atoms with E-state index in [2.05, 4.69) is 15.6 Å². The van der Waals surface area contributed by atoms with Crippen LogP contribution in [0, 0.1) is 0 Å².